The summed E-state index contributed by atoms with van der Waals surface area (Å²) < 4.78 is 247. The van der Waals surface area contributed by atoms with Crippen molar-refractivity contribution in [3.8, 4) is 0 Å². The third-order valence-electron chi connectivity index (χ3n) is 3.14. The molecular formula is C9H2F17LiO3S. The first-order valence-corrected chi connectivity index (χ1v) is 7.53. The number of hydrogen-bond acceptors (Lipinski definition) is 3. The molecule has 0 bridgehead atoms. The van der Waals surface area contributed by atoms with Crippen LogP contribution < -0.4 is 18.9 Å². The molecule has 3 nitrogen and oxygen atoms in total. The summed E-state index contributed by atoms with van der Waals surface area (Å²) in [5.74, 6) is -50.3. The van der Waals surface area contributed by atoms with Crippen LogP contribution in [0.4, 0.5) is 74.6 Å². The van der Waals surface area contributed by atoms with Gasteiger partial charge in [0.05, 0.1) is 0 Å². The second kappa shape index (κ2) is 7.97. The normalized spacial score (nSPS) is 16.2. The standard InChI is InChI=1S/C9H3F17O3S.Li/c10-2(11,1-3(12,13)14)4(15,16)5(17,18)6(19,20)7(21,22)8(23,24)9(25,26)30(27,28)29;/h1H2,(H,27,28,29);/q;+1/p-1. The van der Waals surface area contributed by atoms with E-state index in [0.717, 1.165) is 0 Å². The maximum absolute atomic E-state index is 13.1. The van der Waals surface area contributed by atoms with E-state index in [9.17, 15) is 87.6 Å². The summed E-state index contributed by atoms with van der Waals surface area (Å²) in [6.07, 6.45) is -11.0. The molecule has 22 heteroatoms. The van der Waals surface area contributed by atoms with Crippen LogP contribution >= 0.6 is 0 Å². The molecule has 182 valence electrons. The molecule has 0 fully saturated rings. The minimum Gasteiger partial charge on any atom is -0.743 e. The minimum atomic E-state index is -8.78. The van der Waals surface area contributed by atoms with Gasteiger partial charge in [0, 0.05) is 0 Å². The van der Waals surface area contributed by atoms with Gasteiger partial charge in [0.25, 0.3) is 0 Å². The molecule has 0 spiro atoms. The van der Waals surface area contributed by atoms with Gasteiger partial charge < -0.3 is 4.55 Å². The van der Waals surface area contributed by atoms with Crippen LogP contribution in [0.25, 0.3) is 0 Å². The molecule has 0 saturated heterocycles. The molecule has 0 radical (unpaired) electrons. The summed E-state index contributed by atoms with van der Waals surface area (Å²) in [6, 6.07) is 0. The maximum atomic E-state index is 13.1. The van der Waals surface area contributed by atoms with Gasteiger partial charge in [0.2, 0.25) is 0 Å². The zero-order chi connectivity index (χ0) is 25.2. The van der Waals surface area contributed by atoms with E-state index in [1.807, 2.05) is 0 Å². The first kappa shape index (κ1) is 32.5. The van der Waals surface area contributed by atoms with Crippen molar-refractivity contribution in [3.63, 3.8) is 0 Å². The Hall–Kier alpha value is -0.683. The monoisotopic (exact) mass is 520 g/mol. The molecule has 0 aromatic heterocycles. The van der Waals surface area contributed by atoms with Crippen molar-refractivity contribution in [2.75, 3.05) is 0 Å². The molecule has 0 heterocycles. The van der Waals surface area contributed by atoms with E-state index in [1.54, 1.807) is 0 Å². The Labute approximate surface area is 170 Å². The summed E-state index contributed by atoms with van der Waals surface area (Å²) in [5, 5.41) is -7.91. The van der Waals surface area contributed by atoms with Crippen molar-refractivity contribution < 1.29 is 106 Å². The van der Waals surface area contributed by atoms with Crippen molar-refractivity contribution in [2.24, 2.45) is 0 Å². The first-order valence-electron chi connectivity index (χ1n) is 6.12. The fourth-order valence-electron chi connectivity index (χ4n) is 1.52. The summed E-state index contributed by atoms with van der Waals surface area (Å²) in [6.45, 7) is 0. The first-order chi connectivity index (χ1) is 12.5. The van der Waals surface area contributed by atoms with Gasteiger partial charge in [-0.1, -0.05) is 0 Å². The summed E-state index contributed by atoms with van der Waals surface area (Å²) >= 11 is 0. The van der Waals surface area contributed by atoms with Crippen LogP contribution in [0.2, 0.25) is 0 Å². The molecule has 31 heavy (non-hydrogen) atoms. The largest absolute Gasteiger partial charge is 1.00 e. The Morgan fingerprint density at radius 1 is 0.516 bits per heavy atom. The van der Waals surface area contributed by atoms with Crippen LogP contribution in [-0.4, -0.2) is 59.9 Å². The van der Waals surface area contributed by atoms with Gasteiger partial charge in [-0.15, -0.1) is 0 Å². The van der Waals surface area contributed by atoms with Gasteiger partial charge in [-0.05, 0) is 0 Å². The van der Waals surface area contributed by atoms with E-state index < -0.39 is 63.5 Å². The summed E-state index contributed by atoms with van der Waals surface area (Å²) in [5.41, 5.74) is 0. The van der Waals surface area contributed by atoms with Crippen molar-refractivity contribution in [1.82, 2.24) is 0 Å². The van der Waals surface area contributed by atoms with Crippen LogP contribution in [0.3, 0.4) is 0 Å². The number of halogens is 17. The van der Waals surface area contributed by atoms with E-state index in [1.165, 1.54) is 0 Å². The molecule has 0 saturated carbocycles. The molecule has 0 rings (SSSR count). The fourth-order valence-corrected chi connectivity index (χ4v) is 1.97. The molecule has 0 amide bonds. The average Bonchev–Trinajstić information content (AvgIpc) is 2.41. The number of hydrogen-bond donors (Lipinski definition) is 0. The zero-order valence-corrected chi connectivity index (χ0v) is 14.6. The van der Waals surface area contributed by atoms with Crippen LogP contribution in [0, 0.1) is 0 Å². The fraction of sp³-hybridized carbons (Fsp3) is 1.00. The quantitative estimate of drug-likeness (QED) is 0.279. The van der Waals surface area contributed by atoms with E-state index in [2.05, 4.69) is 0 Å². The number of alkyl halides is 17. The Morgan fingerprint density at radius 3 is 1.03 bits per heavy atom. The van der Waals surface area contributed by atoms with Gasteiger partial charge in [-0.2, -0.15) is 74.6 Å². The molecule has 0 aromatic carbocycles. The second-order valence-electron chi connectivity index (χ2n) is 5.34. The molecule has 0 N–H and O–H groups in total. The predicted octanol–water partition coefficient (Wildman–Crippen LogP) is 1.89. The zero-order valence-electron chi connectivity index (χ0n) is 13.8. The molecule has 0 aliphatic rings. The Kier molecular flexibility index (Phi) is 8.35. The minimum absolute atomic E-state index is 0. The van der Waals surface area contributed by atoms with Crippen LogP contribution in [0.1, 0.15) is 6.42 Å². The Morgan fingerprint density at radius 2 is 0.774 bits per heavy atom. The summed E-state index contributed by atoms with van der Waals surface area (Å²) in [4.78, 5) is 0. The van der Waals surface area contributed by atoms with Gasteiger partial charge in [-0.3, -0.25) is 0 Å². The maximum Gasteiger partial charge on any atom is 1.00 e. The number of rotatable bonds is 8. The predicted molar refractivity (Wildman–Crippen MR) is 55.0 cm³/mol. The average molecular weight is 520 g/mol. The van der Waals surface area contributed by atoms with E-state index in [-0.39, 0.29) is 18.9 Å². The van der Waals surface area contributed by atoms with Crippen molar-refractivity contribution in [3.05, 3.63) is 0 Å². The SMILES string of the molecule is O=S(=O)([O-])C(F)(F)C(F)(F)C(F)(F)C(F)(F)C(F)(F)C(F)(F)C(F)(F)CC(F)(F)F.[Li+]. The van der Waals surface area contributed by atoms with Gasteiger partial charge in [0.15, 0.2) is 10.1 Å². The molecule has 0 unspecified atom stereocenters. The van der Waals surface area contributed by atoms with Crippen molar-refractivity contribution >= 4 is 10.1 Å². The molecule has 0 atom stereocenters. The van der Waals surface area contributed by atoms with Crippen LogP contribution in [0.5, 0.6) is 0 Å². The Balaban J connectivity index is 0. The second-order valence-corrected chi connectivity index (χ2v) is 6.76. The van der Waals surface area contributed by atoms with Crippen LogP contribution in [-0.2, 0) is 10.1 Å². The van der Waals surface area contributed by atoms with E-state index >= 15 is 0 Å². The molecule has 0 aromatic rings. The smallest absolute Gasteiger partial charge is 0.743 e. The van der Waals surface area contributed by atoms with Crippen molar-refractivity contribution in [1.29, 1.82) is 0 Å². The summed E-state index contributed by atoms with van der Waals surface area (Å²) in [7, 11) is -8.11. The van der Waals surface area contributed by atoms with Gasteiger partial charge in [0.1, 0.15) is 6.42 Å². The van der Waals surface area contributed by atoms with E-state index in [0.29, 0.717) is 0 Å². The van der Waals surface area contributed by atoms with Gasteiger partial charge >= 0.3 is 65.8 Å². The Bertz CT molecular complexity index is 755. The third kappa shape index (κ3) is 4.69. The third-order valence-corrected chi connectivity index (χ3v) is 4.02. The molecular weight excluding hydrogens is 518 g/mol. The topological polar surface area (TPSA) is 57.2 Å². The molecule has 0 aliphatic carbocycles. The van der Waals surface area contributed by atoms with Crippen molar-refractivity contribution in [2.45, 2.75) is 53.4 Å². The molecule has 0 aliphatic heterocycles. The van der Waals surface area contributed by atoms with Gasteiger partial charge in [-0.25, -0.2) is 8.42 Å². The van der Waals surface area contributed by atoms with E-state index in [4.69, 9.17) is 0 Å². The van der Waals surface area contributed by atoms with Crippen LogP contribution in [0.15, 0.2) is 0 Å².